The highest BCUT2D eigenvalue weighted by atomic mass is 16.3. The lowest BCUT2D eigenvalue weighted by atomic mass is 9.98. The molecule has 164 valence electrons. The number of aromatic hydroxyl groups is 2. The Hall–Kier alpha value is -3.28. The van der Waals surface area contributed by atoms with Gasteiger partial charge < -0.3 is 16.1 Å². The maximum absolute atomic E-state index is 11.9. The molecule has 0 unspecified atom stereocenters. The summed E-state index contributed by atoms with van der Waals surface area (Å²) in [5.74, 6) is 5.40. The number of phenolic OH excluding ortho intramolecular Hbond substituents is 2. The molecule has 1 amide bonds. The van der Waals surface area contributed by atoms with E-state index in [-0.39, 0.29) is 28.8 Å². The number of allylic oxidation sites excluding steroid dienone is 7. The molecule has 30 heavy (non-hydrogen) atoms. The zero-order valence-corrected chi connectivity index (χ0v) is 19.0. The molecule has 1 aromatic rings. The lowest BCUT2D eigenvalue weighted by molar-refractivity contribution is -0.113. The van der Waals surface area contributed by atoms with Crippen LogP contribution >= 0.6 is 0 Å². The molecule has 0 radical (unpaired) electrons. The second-order valence-electron chi connectivity index (χ2n) is 6.49. The van der Waals surface area contributed by atoms with Crippen LogP contribution in [0.1, 0.15) is 65.5 Å². The molecule has 6 nitrogen and oxygen atoms in total. The molecule has 1 aromatic carbocycles. The van der Waals surface area contributed by atoms with Gasteiger partial charge in [0, 0.05) is 11.8 Å². The molecule has 0 aliphatic heterocycles. The fourth-order valence-electron chi connectivity index (χ4n) is 2.57. The third-order valence-electron chi connectivity index (χ3n) is 4.11. The maximum Gasteiger partial charge on any atom is 0.219 e. The van der Waals surface area contributed by atoms with Crippen molar-refractivity contribution < 1.29 is 15.0 Å². The Morgan fingerprint density at radius 2 is 1.77 bits per heavy atom. The van der Waals surface area contributed by atoms with Gasteiger partial charge in [0.15, 0.2) is 5.84 Å². The number of hydrazone groups is 1. The van der Waals surface area contributed by atoms with Crippen LogP contribution in [0.2, 0.25) is 0 Å². The molecule has 0 fully saturated rings. The van der Waals surface area contributed by atoms with Crippen molar-refractivity contribution in [2.45, 2.75) is 54.4 Å². The van der Waals surface area contributed by atoms with Crippen molar-refractivity contribution in [1.82, 2.24) is 4.90 Å². The van der Waals surface area contributed by atoms with Crippen LogP contribution in [0, 0.1) is 0 Å². The average molecular weight is 414 g/mol. The van der Waals surface area contributed by atoms with Gasteiger partial charge in [0.05, 0.1) is 5.56 Å². The Morgan fingerprint density at radius 3 is 2.23 bits per heavy atom. The lowest BCUT2D eigenvalue weighted by Crippen LogP contribution is -2.30. The number of nitrogens with two attached hydrogens (primary N) is 1. The third kappa shape index (κ3) is 7.28. The molecular weight excluding hydrogens is 378 g/mol. The fraction of sp³-hybridized carbons (Fsp3) is 0.333. The minimum Gasteiger partial charge on any atom is -0.508 e. The number of amides is 1. The van der Waals surface area contributed by atoms with Crippen molar-refractivity contribution in [2.75, 3.05) is 0 Å². The van der Waals surface area contributed by atoms with Crippen LogP contribution in [0.15, 0.2) is 65.0 Å². The molecule has 0 spiro atoms. The van der Waals surface area contributed by atoms with Crippen molar-refractivity contribution in [2.24, 2.45) is 10.9 Å². The van der Waals surface area contributed by atoms with E-state index in [9.17, 15) is 15.0 Å². The first-order valence-corrected chi connectivity index (χ1v) is 10.0. The molecule has 1 rings (SSSR count). The Balaban J connectivity index is 0.00000407. The molecule has 0 aliphatic carbocycles. The normalized spacial score (nSPS) is 13.0. The highest BCUT2D eigenvalue weighted by molar-refractivity contribution is 6.07. The second kappa shape index (κ2) is 13.8. The highest BCUT2D eigenvalue weighted by Crippen LogP contribution is 2.33. The molecule has 0 saturated carbocycles. The number of hydrogen-bond donors (Lipinski definition) is 3. The SMILES string of the molecule is CC.C\C=C/C=C(C)/C=C\C(=C/C)N(C=O)/C(=N\N)c1cc(C(C)C)c(O)cc1O. The summed E-state index contributed by atoms with van der Waals surface area (Å²) >= 11 is 0. The van der Waals surface area contributed by atoms with Gasteiger partial charge in [-0.25, -0.2) is 0 Å². The van der Waals surface area contributed by atoms with E-state index in [1.54, 1.807) is 25.1 Å². The molecule has 0 heterocycles. The number of rotatable bonds is 7. The molecule has 0 bridgehead atoms. The average Bonchev–Trinajstić information content (AvgIpc) is 2.73. The van der Waals surface area contributed by atoms with E-state index in [1.807, 2.05) is 65.8 Å². The number of phenols is 2. The van der Waals surface area contributed by atoms with E-state index >= 15 is 0 Å². The Bertz CT molecular complexity index is 847. The summed E-state index contributed by atoms with van der Waals surface area (Å²) in [5, 5.41) is 24.1. The van der Waals surface area contributed by atoms with E-state index in [0.717, 1.165) is 5.57 Å². The van der Waals surface area contributed by atoms with Gasteiger partial charge >= 0.3 is 0 Å². The van der Waals surface area contributed by atoms with Crippen LogP contribution < -0.4 is 5.84 Å². The van der Waals surface area contributed by atoms with Gasteiger partial charge in [-0.3, -0.25) is 9.69 Å². The van der Waals surface area contributed by atoms with Gasteiger partial charge in [0.1, 0.15) is 11.5 Å². The van der Waals surface area contributed by atoms with Gasteiger partial charge in [-0.15, -0.1) is 0 Å². The topological polar surface area (TPSA) is 99.2 Å². The van der Waals surface area contributed by atoms with Crippen LogP contribution in [0.3, 0.4) is 0 Å². The maximum atomic E-state index is 11.9. The molecule has 0 saturated heterocycles. The Labute approximate surface area is 180 Å². The van der Waals surface area contributed by atoms with Gasteiger partial charge in [0.25, 0.3) is 0 Å². The van der Waals surface area contributed by atoms with E-state index in [4.69, 9.17) is 5.84 Å². The van der Waals surface area contributed by atoms with Crippen molar-refractivity contribution in [1.29, 1.82) is 0 Å². The second-order valence-corrected chi connectivity index (χ2v) is 6.49. The van der Waals surface area contributed by atoms with E-state index in [2.05, 4.69) is 5.10 Å². The zero-order chi connectivity index (χ0) is 23.3. The Kier molecular flexibility index (Phi) is 12.3. The van der Waals surface area contributed by atoms with Crippen molar-refractivity contribution >= 4 is 12.2 Å². The van der Waals surface area contributed by atoms with Crippen LogP contribution in [-0.4, -0.2) is 27.4 Å². The summed E-state index contributed by atoms with van der Waals surface area (Å²) in [6.45, 7) is 13.5. The van der Waals surface area contributed by atoms with E-state index in [0.29, 0.717) is 17.7 Å². The minimum atomic E-state index is -0.221. The van der Waals surface area contributed by atoms with Crippen molar-refractivity contribution in [3.63, 3.8) is 0 Å². The number of benzene rings is 1. The van der Waals surface area contributed by atoms with Gasteiger partial charge in [0.2, 0.25) is 6.41 Å². The number of carbonyl (C=O) groups is 1. The first kappa shape index (κ1) is 26.7. The monoisotopic (exact) mass is 413 g/mol. The van der Waals surface area contributed by atoms with Crippen LogP contribution in [0.5, 0.6) is 11.5 Å². The molecule has 0 aromatic heterocycles. The van der Waals surface area contributed by atoms with Crippen LogP contribution in [-0.2, 0) is 4.79 Å². The lowest BCUT2D eigenvalue weighted by Gasteiger charge is -2.22. The van der Waals surface area contributed by atoms with Crippen molar-refractivity contribution in [3.8, 4) is 11.5 Å². The fourth-order valence-corrected chi connectivity index (χ4v) is 2.57. The number of carbonyl (C=O) groups excluding carboxylic acids is 1. The molecule has 0 aliphatic rings. The summed E-state index contributed by atoms with van der Waals surface area (Å²) in [4.78, 5) is 13.1. The summed E-state index contributed by atoms with van der Waals surface area (Å²) in [5.41, 5.74) is 2.39. The highest BCUT2D eigenvalue weighted by Gasteiger charge is 2.21. The molecule has 0 atom stereocenters. The smallest absolute Gasteiger partial charge is 0.219 e. The summed E-state index contributed by atoms with van der Waals surface area (Å²) < 4.78 is 0. The molecule has 6 heteroatoms. The standard InChI is InChI=1S/C22H29N3O3.C2H6/c1-6-8-9-16(5)10-11-17(7-2)25(14-26)22(24-23)19-12-18(15(3)4)20(27)13-21(19)28;1-2/h6-15,27-28H,23H2,1-5H3;1-2H3/b8-6-,11-10-,16-9+,17-7+,24-22-;. The quantitative estimate of drug-likeness (QED) is 0.141. The predicted molar refractivity (Wildman–Crippen MR) is 125 cm³/mol. The number of nitrogens with zero attached hydrogens (tertiary/aromatic N) is 2. The van der Waals surface area contributed by atoms with Gasteiger partial charge in [-0.1, -0.05) is 63.6 Å². The zero-order valence-electron chi connectivity index (χ0n) is 19.0. The summed E-state index contributed by atoms with van der Waals surface area (Å²) in [6.07, 6.45) is 11.7. The summed E-state index contributed by atoms with van der Waals surface area (Å²) in [7, 11) is 0. The molecular formula is C24H35N3O3. The van der Waals surface area contributed by atoms with Gasteiger partial charge in [-0.05, 0) is 44.4 Å². The first-order chi connectivity index (χ1) is 14.3. The van der Waals surface area contributed by atoms with Crippen LogP contribution in [0.25, 0.3) is 0 Å². The predicted octanol–water partition coefficient (Wildman–Crippen LogP) is 5.31. The summed E-state index contributed by atoms with van der Waals surface area (Å²) in [6, 6.07) is 2.82. The van der Waals surface area contributed by atoms with E-state index in [1.165, 1.54) is 11.0 Å². The minimum absolute atomic E-state index is 0.00328. The Morgan fingerprint density at radius 1 is 1.13 bits per heavy atom. The van der Waals surface area contributed by atoms with Crippen molar-refractivity contribution in [3.05, 3.63) is 71.0 Å². The number of amidine groups is 1. The first-order valence-electron chi connectivity index (χ1n) is 10.0. The van der Waals surface area contributed by atoms with Gasteiger partial charge in [-0.2, -0.15) is 5.10 Å². The van der Waals surface area contributed by atoms with Crippen LogP contribution in [0.4, 0.5) is 0 Å². The molecule has 4 N–H and O–H groups in total. The largest absolute Gasteiger partial charge is 0.508 e. The number of hydrogen-bond acceptors (Lipinski definition) is 5. The third-order valence-corrected chi connectivity index (χ3v) is 4.11. The van der Waals surface area contributed by atoms with E-state index < -0.39 is 0 Å².